The molecule has 3 fully saturated rings. The molecule has 1 aliphatic heterocycles. The lowest BCUT2D eigenvalue weighted by molar-refractivity contribution is 0.0342. The lowest BCUT2D eigenvalue weighted by Crippen LogP contribution is -2.35. The van der Waals surface area contributed by atoms with E-state index < -0.39 is 5.97 Å². The molecule has 0 bridgehead atoms. The van der Waals surface area contributed by atoms with Gasteiger partial charge in [-0.25, -0.2) is 14.5 Å². The summed E-state index contributed by atoms with van der Waals surface area (Å²) < 4.78 is 19.0. The summed E-state index contributed by atoms with van der Waals surface area (Å²) in [6, 6.07) is 10.7. The molecule has 0 radical (unpaired) electrons. The van der Waals surface area contributed by atoms with Gasteiger partial charge >= 0.3 is 5.97 Å². The number of pyridine rings is 1. The molecule has 3 heterocycles. The summed E-state index contributed by atoms with van der Waals surface area (Å²) in [6.07, 6.45) is 9.23. The van der Waals surface area contributed by atoms with Crippen molar-refractivity contribution in [3.05, 3.63) is 41.6 Å². The van der Waals surface area contributed by atoms with Crippen LogP contribution in [0, 0.1) is 0 Å². The average molecular weight is 505 g/mol. The summed E-state index contributed by atoms with van der Waals surface area (Å²) in [6.45, 7) is 4.39. The third kappa shape index (κ3) is 5.09. The van der Waals surface area contributed by atoms with Gasteiger partial charge in [-0.15, -0.1) is 5.10 Å². The number of carbonyl (C=O) groups is 1. The van der Waals surface area contributed by atoms with Crippen LogP contribution >= 0.6 is 0 Å². The fourth-order valence-electron chi connectivity index (χ4n) is 5.66. The number of carbonyl (C=O) groups excluding carboxylic acids is 1. The van der Waals surface area contributed by atoms with E-state index >= 15 is 0 Å². The highest BCUT2D eigenvalue weighted by atomic mass is 16.5. The van der Waals surface area contributed by atoms with E-state index in [1.807, 2.05) is 10.7 Å². The maximum Gasteiger partial charge on any atom is 0.356 e. The van der Waals surface area contributed by atoms with E-state index in [0.29, 0.717) is 11.6 Å². The van der Waals surface area contributed by atoms with E-state index in [-0.39, 0.29) is 12.1 Å². The number of esters is 1. The number of nitrogens with zero attached hydrogens (tertiary/aromatic N) is 4. The van der Waals surface area contributed by atoms with Crippen LogP contribution in [0.25, 0.3) is 22.2 Å². The van der Waals surface area contributed by atoms with Crippen molar-refractivity contribution < 1.29 is 19.0 Å². The van der Waals surface area contributed by atoms with Crippen LogP contribution in [0.2, 0.25) is 0 Å². The van der Waals surface area contributed by atoms with Gasteiger partial charge in [0, 0.05) is 25.2 Å². The highest BCUT2D eigenvalue weighted by Gasteiger charge is 2.29. The van der Waals surface area contributed by atoms with Gasteiger partial charge in [0.15, 0.2) is 11.3 Å². The number of hydrogen-bond donors (Lipinski definition) is 0. The largest absolute Gasteiger partial charge is 0.473 e. The summed E-state index contributed by atoms with van der Waals surface area (Å²) >= 11 is 0. The average Bonchev–Trinajstić information content (AvgIpc) is 3.30. The molecule has 2 saturated carbocycles. The lowest BCUT2D eigenvalue weighted by Gasteiger charge is -2.26. The van der Waals surface area contributed by atoms with Gasteiger partial charge in [-0.05, 0) is 49.3 Å². The molecule has 3 aromatic rings. The van der Waals surface area contributed by atoms with Gasteiger partial charge < -0.3 is 14.2 Å². The Kier molecular flexibility index (Phi) is 7.11. The Morgan fingerprint density at radius 2 is 1.78 bits per heavy atom. The number of fused-ring (bicyclic) bond motifs is 1. The van der Waals surface area contributed by atoms with Crippen molar-refractivity contribution in [2.75, 3.05) is 33.4 Å². The predicted molar refractivity (Wildman–Crippen MR) is 141 cm³/mol. The zero-order valence-electron chi connectivity index (χ0n) is 21.7. The molecule has 0 unspecified atom stereocenters. The Labute approximate surface area is 217 Å². The summed E-state index contributed by atoms with van der Waals surface area (Å²) in [5, 5.41) is 5.90. The monoisotopic (exact) mass is 504 g/mol. The normalized spacial score (nSPS) is 19.6. The van der Waals surface area contributed by atoms with Gasteiger partial charge in [-0.2, -0.15) is 0 Å². The first-order valence-corrected chi connectivity index (χ1v) is 13.8. The molecule has 1 saturated heterocycles. The van der Waals surface area contributed by atoms with E-state index in [0.717, 1.165) is 80.7 Å². The Bertz CT molecular complexity index is 1240. The van der Waals surface area contributed by atoms with Crippen molar-refractivity contribution in [2.24, 2.45) is 0 Å². The van der Waals surface area contributed by atoms with Gasteiger partial charge in [0.25, 0.3) is 0 Å². The van der Waals surface area contributed by atoms with Crippen LogP contribution in [0.4, 0.5) is 0 Å². The Morgan fingerprint density at radius 3 is 2.46 bits per heavy atom. The van der Waals surface area contributed by atoms with Crippen LogP contribution in [-0.4, -0.2) is 65.2 Å². The minimum Gasteiger partial charge on any atom is -0.473 e. The van der Waals surface area contributed by atoms with E-state index in [1.165, 1.54) is 38.4 Å². The fourth-order valence-corrected chi connectivity index (χ4v) is 5.66. The van der Waals surface area contributed by atoms with Crippen LogP contribution in [-0.2, 0) is 16.0 Å². The molecule has 0 atom stereocenters. The zero-order chi connectivity index (χ0) is 25.2. The first-order chi connectivity index (χ1) is 18.2. The maximum absolute atomic E-state index is 12.7. The second-order valence-corrected chi connectivity index (χ2v) is 10.5. The molecule has 1 aromatic carbocycles. The summed E-state index contributed by atoms with van der Waals surface area (Å²) in [5.41, 5.74) is 4.21. The van der Waals surface area contributed by atoms with E-state index in [9.17, 15) is 4.79 Å². The van der Waals surface area contributed by atoms with Crippen molar-refractivity contribution >= 4 is 17.0 Å². The smallest absolute Gasteiger partial charge is 0.356 e. The van der Waals surface area contributed by atoms with Crippen LogP contribution in [0.3, 0.4) is 0 Å². The first kappa shape index (κ1) is 24.4. The summed E-state index contributed by atoms with van der Waals surface area (Å²) in [5.74, 6) is 0.200. The quantitative estimate of drug-likeness (QED) is 0.412. The number of methoxy groups -OCH3 is 1. The molecule has 2 aromatic heterocycles. The molecule has 2 aliphatic carbocycles. The van der Waals surface area contributed by atoms with Crippen LogP contribution in [0.15, 0.2) is 30.3 Å². The molecule has 3 aliphatic rings. The number of hydrogen-bond acceptors (Lipinski definition) is 7. The molecule has 37 heavy (non-hydrogen) atoms. The Balaban J connectivity index is 1.43. The summed E-state index contributed by atoms with van der Waals surface area (Å²) in [4.78, 5) is 19.9. The molecule has 0 spiro atoms. The second kappa shape index (κ2) is 10.8. The van der Waals surface area contributed by atoms with Crippen molar-refractivity contribution in [3.63, 3.8) is 0 Å². The zero-order valence-corrected chi connectivity index (χ0v) is 21.7. The van der Waals surface area contributed by atoms with Gasteiger partial charge in [-0.3, -0.25) is 4.90 Å². The molecule has 0 N–H and O–H groups in total. The molecule has 8 nitrogen and oxygen atoms in total. The number of morpholine rings is 1. The van der Waals surface area contributed by atoms with Gasteiger partial charge in [0.1, 0.15) is 6.10 Å². The van der Waals surface area contributed by atoms with Crippen molar-refractivity contribution in [2.45, 2.75) is 70.1 Å². The molecular formula is C29H36N4O4. The molecule has 8 heteroatoms. The van der Waals surface area contributed by atoms with Crippen LogP contribution in [0.5, 0.6) is 5.88 Å². The third-order valence-electron chi connectivity index (χ3n) is 8.05. The molecule has 196 valence electrons. The maximum atomic E-state index is 12.7. The standard InChI is InChI=1S/C29H36N4O4/c1-35-29(34)25-18-24(21-12-10-20(11-13-21)19-32-14-16-36-17-15-32)26-27(30-25)33(22-6-3-2-4-7-22)31-28(26)37-23-8-5-9-23/h10-13,18,22-23H,2-9,14-17,19H2,1H3. The first-order valence-electron chi connectivity index (χ1n) is 13.8. The number of rotatable bonds is 7. The van der Waals surface area contributed by atoms with E-state index in [1.54, 1.807) is 0 Å². The lowest BCUT2D eigenvalue weighted by atomic mass is 9.95. The van der Waals surface area contributed by atoms with E-state index in [2.05, 4.69) is 29.2 Å². The third-order valence-corrected chi connectivity index (χ3v) is 8.05. The van der Waals surface area contributed by atoms with Gasteiger partial charge in [0.2, 0.25) is 5.88 Å². The molecular weight excluding hydrogens is 468 g/mol. The Morgan fingerprint density at radius 1 is 1.03 bits per heavy atom. The fraction of sp³-hybridized carbons (Fsp3) is 0.552. The highest BCUT2D eigenvalue weighted by Crippen LogP contribution is 2.40. The number of aromatic nitrogens is 3. The molecule has 6 rings (SSSR count). The molecule has 0 amide bonds. The second-order valence-electron chi connectivity index (χ2n) is 10.5. The van der Waals surface area contributed by atoms with E-state index in [4.69, 9.17) is 24.3 Å². The van der Waals surface area contributed by atoms with Crippen molar-refractivity contribution in [1.82, 2.24) is 19.7 Å². The van der Waals surface area contributed by atoms with Crippen molar-refractivity contribution in [1.29, 1.82) is 0 Å². The number of benzene rings is 1. The van der Waals surface area contributed by atoms with Gasteiger partial charge in [0.05, 0.1) is 31.8 Å². The SMILES string of the molecule is COC(=O)c1cc(-c2ccc(CN3CCOCC3)cc2)c2c(OC3CCC3)nn(C3CCCCC3)c2n1. The van der Waals surface area contributed by atoms with Crippen LogP contribution < -0.4 is 4.74 Å². The van der Waals surface area contributed by atoms with Crippen LogP contribution in [0.1, 0.15) is 73.5 Å². The highest BCUT2D eigenvalue weighted by molar-refractivity contribution is 6.01. The van der Waals surface area contributed by atoms with Gasteiger partial charge in [-0.1, -0.05) is 43.5 Å². The summed E-state index contributed by atoms with van der Waals surface area (Å²) in [7, 11) is 1.40. The number of ether oxygens (including phenoxy) is 3. The topological polar surface area (TPSA) is 78.7 Å². The minimum absolute atomic E-state index is 0.196. The minimum atomic E-state index is -0.440. The van der Waals surface area contributed by atoms with Crippen molar-refractivity contribution in [3.8, 4) is 17.0 Å². The predicted octanol–water partition coefficient (Wildman–Crippen LogP) is 5.15. The Hall–Kier alpha value is -2.97.